The van der Waals surface area contributed by atoms with E-state index in [1.165, 1.54) is 10.7 Å². The van der Waals surface area contributed by atoms with Crippen molar-refractivity contribution in [2.24, 2.45) is 5.73 Å². The second-order valence-electron chi connectivity index (χ2n) is 2.96. The van der Waals surface area contributed by atoms with Crippen molar-refractivity contribution in [3.05, 3.63) is 40.4 Å². The van der Waals surface area contributed by atoms with Gasteiger partial charge in [-0.1, -0.05) is 5.21 Å². The molecule has 0 radical (unpaired) electrons. The summed E-state index contributed by atoms with van der Waals surface area (Å²) in [6.07, 6.45) is 1.67. The van der Waals surface area contributed by atoms with Crippen LogP contribution in [0.5, 0.6) is 0 Å². The largest absolute Gasteiger partial charge is 0.325 e. The first-order valence-corrected chi connectivity index (χ1v) is 5.06. The second-order valence-corrected chi connectivity index (χ2v) is 3.81. The lowest BCUT2D eigenvalue weighted by molar-refractivity contribution is 0.618. The average Bonchev–Trinajstić information content (AvgIpc) is 2.70. The van der Waals surface area contributed by atoms with Crippen molar-refractivity contribution in [2.75, 3.05) is 0 Å². The fourth-order valence-electron chi connectivity index (χ4n) is 1.15. The number of benzene rings is 1. The summed E-state index contributed by atoms with van der Waals surface area (Å²) >= 11 is 3.08. The van der Waals surface area contributed by atoms with E-state index in [4.69, 9.17) is 5.73 Å². The molecule has 0 aliphatic heterocycles. The summed E-state index contributed by atoms with van der Waals surface area (Å²) in [5.74, 6) is -0.336. The number of nitrogens with zero attached hydrogens (tertiary/aromatic N) is 3. The van der Waals surface area contributed by atoms with Crippen LogP contribution in [0.1, 0.15) is 5.69 Å². The summed E-state index contributed by atoms with van der Waals surface area (Å²) in [4.78, 5) is 0. The van der Waals surface area contributed by atoms with Crippen LogP contribution in [0, 0.1) is 5.82 Å². The summed E-state index contributed by atoms with van der Waals surface area (Å²) in [5, 5.41) is 7.65. The summed E-state index contributed by atoms with van der Waals surface area (Å²) in [6, 6.07) is 4.73. The minimum atomic E-state index is -0.336. The molecule has 0 saturated carbocycles. The monoisotopic (exact) mass is 270 g/mol. The lowest BCUT2D eigenvalue weighted by Crippen LogP contribution is -1.96. The third kappa shape index (κ3) is 2.05. The molecule has 0 bridgehead atoms. The molecule has 0 fully saturated rings. The Bertz CT molecular complexity index is 483. The van der Waals surface area contributed by atoms with Gasteiger partial charge in [0.25, 0.3) is 0 Å². The Morgan fingerprint density at radius 1 is 1.47 bits per heavy atom. The van der Waals surface area contributed by atoms with Gasteiger partial charge in [-0.3, -0.25) is 0 Å². The smallest absolute Gasteiger partial charge is 0.139 e. The molecule has 0 aliphatic rings. The van der Waals surface area contributed by atoms with Crippen LogP contribution >= 0.6 is 15.9 Å². The summed E-state index contributed by atoms with van der Waals surface area (Å²) in [6.45, 7) is 0.318. The lowest BCUT2D eigenvalue weighted by Gasteiger charge is -2.00. The molecule has 0 unspecified atom stereocenters. The van der Waals surface area contributed by atoms with E-state index in [2.05, 4.69) is 26.2 Å². The molecule has 1 heterocycles. The van der Waals surface area contributed by atoms with Gasteiger partial charge in [0, 0.05) is 12.6 Å². The van der Waals surface area contributed by atoms with Crippen LogP contribution in [0.4, 0.5) is 4.39 Å². The van der Waals surface area contributed by atoms with Crippen LogP contribution in [0.3, 0.4) is 0 Å². The van der Waals surface area contributed by atoms with E-state index >= 15 is 0 Å². The molecule has 0 aliphatic carbocycles. The van der Waals surface area contributed by atoms with E-state index in [0.29, 0.717) is 22.4 Å². The predicted octanol–water partition coefficient (Wildman–Crippen LogP) is 1.63. The summed E-state index contributed by atoms with van der Waals surface area (Å²) < 4.78 is 15.1. The first-order chi connectivity index (χ1) is 7.20. The molecule has 0 amide bonds. The third-order valence-corrected chi connectivity index (χ3v) is 2.56. The fourth-order valence-corrected chi connectivity index (χ4v) is 1.39. The molecule has 78 valence electrons. The van der Waals surface area contributed by atoms with Crippen molar-refractivity contribution in [1.82, 2.24) is 15.0 Å². The molecule has 1 aromatic heterocycles. The van der Waals surface area contributed by atoms with E-state index in [0.717, 1.165) is 0 Å². The maximum atomic E-state index is 13.2. The van der Waals surface area contributed by atoms with Crippen LogP contribution < -0.4 is 5.73 Å². The van der Waals surface area contributed by atoms with Gasteiger partial charge in [0.1, 0.15) is 5.82 Å². The molecule has 6 heteroatoms. The van der Waals surface area contributed by atoms with E-state index in [1.54, 1.807) is 18.3 Å². The number of aromatic nitrogens is 3. The Hall–Kier alpha value is -1.27. The van der Waals surface area contributed by atoms with E-state index in [1.807, 2.05) is 0 Å². The highest BCUT2D eigenvalue weighted by molar-refractivity contribution is 9.10. The van der Waals surface area contributed by atoms with Gasteiger partial charge >= 0.3 is 0 Å². The van der Waals surface area contributed by atoms with Crippen molar-refractivity contribution in [3.63, 3.8) is 0 Å². The van der Waals surface area contributed by atoms with Crippen LogP contribution in [-0.4, -0.2) is 15.0 Å². The molecule has 4 nitrogen and oxygen atoms in total. The molecule has 2 N–H and O–H groups in total. The molecule has 2 rings (SSSR count). The molecular formula is C9H8BrFN4. The number of hydrogen-bond donors (Lipinski definition) is 1. The van der Waals surface area contributed by atoms with Gasteiger partial charge in [0.15, 0.2) is 0 Å². The standard InChI is InChI=1S/C9H8BrFN4/c10-8-2-1-7(3-9(8)11)15-5-6(4-12)13-14-15/h1-3,5H,4,12H2. The Balaban J connectivity index is 2.40. The van der Waals surface area contributed by atoms with E-state index in [9.17, 15) is 4.39 Å². The van der Waals surface area contributed by atoms with Crippen molar-refractivity contribution >= 4 is 15.9 Å². The van der Waals surface area contributed by atoms with Crippen molar-refractivity contribution < 1.29 is 4.39 Å². The lowest BCUT2D eigenvalue weighted by atomic mass is 10.3. The van der Waals surface area contributed by atoms with Crippen LogP contribution in [-0.2, 0) is 6.54 Å². The van der Waals surface area contributed by atoms with E-state index in [-0.39, 0.29) is 5.82 Å². The maximum Gasteiger partial charge on any atom is 0.139 e. The first kappa shape index (κ1) is 10.3. The zero-order valence-electron chi connectivity index (χ0n) is 7.69. The third-order valence-electron chi connectivity index (χ3n) is 1.92. The Morgan fingerprint density at radius 2 is 2.27 bits per heavy atom. The minimum Gasteiger partial charge on any atom is -0.325 e. The van der Waals surface area contributed by atoms with Crippen LogP contribution in [0.25, 0.3) is 5.69 Å². The van der Waals surface area contributed by atoms with Crippen molar-refractivity contribution in [1.29, 1.82) is 0 Å². The van der Waals surface area contributed by atoms with Gasteiger partial charge < -0.3 is 5.73 Å². The number of halogens is 2. The van der Waals surface area contributed by atoms with Crippen molar-refractivity contribution in [2.45, 2.75) is 6.54 Å². The summed E-state index contributed by atoms with van der Waals surface area (Å²) in [7, 11) is 0. The number of rotatable bonds is 2. The Labute approximate surface area is 94.0 Å². The molecular weight excluding hydrogens is 263 g/mol. The van der Waals surface area contributed by atoms with Gasteiger partial charge in [-0.15, -0.1) is 5.10 Å². The van der Waals surface area contributed by atoms with Gasteiger partial charge in [-0.2, -0.15) is 0 Å². The molecule has 2 aromatic rings. The molecule has 0 atom stereocenters. The minimum absolute atomic E-state index is 0.318. The predicted molar refractivity (Wildman–Crippen MR) is 56.9 cm³/mol. The number of nitrogens with two attached hydrogens (primary N) is 1. The molecule has 1 aromatic carbocycles. The first-order valence-electron chi connectivity index (χ1n) is 4.27. The van der Waals surface area contributed by atoms with Gasteiger partial charge in [-0.05, 0) is 28.1 Å². The van der Waals surface area contributed by atoms with Gasteiger partial charge in [-0.25, -0.2) is 9.07 Å². The SMILES string of the molecule is NCc1cn(-c2ccc(Br)c(F)c2)nn1. The van der Waals surface area contributed by atoms with Gasteiger partial charge in [0.05, 0.1) is 22.1 Å². The number of hydrogen-bond acceptors (Lipinski definition) is 3. The highest BCUT2D eigenvalue weighted by Gasteiger charge is 2.04. The topological polar surface area (TPSA) is 56.7 Å². The highest BCUT2D eigenvalue weighted by atomic mass is 79.9. The fraction of sp³-hybridized carbons (Fsp3) is 0.111. The Morgan fingerprint density at radius 3 is 2.87 bits per heavy atom. The molecule has 0 spiro atoms. The second kappa shape index (κ2) is 4.08. The molecule has 15 heavy (non-hydrogen) atoms. The highest BCUT2D eigenvalue weighted by Crippen LogP contribution is 2.18. The zero-order chi connectivity index (χ0) is 10.8. The quantitative estimate of drug-likeness (QED) is 0.903. The van der Waals surface area contributed by atoms with Gasteiger partial charge in [0.2, 0.25) is 0 Å². The van der Waals surface area contributed by atoms with E-state index < -0.39 is 0 Å². The Kier molecular flexibility index (Phi) is 2.79. The average molecular weight is 271 g/mol. The molecule has 0 saturated heterocycles. The van der Waals surface area contributed by atoms with Crippen molar-refractivity contribution in [3.8, 4) is 5.69 Å². The zero-order valence-corrected chi connectivity index (χ0v) is 9.28. The summed E-state index contributed by atoms with van der Waals surface area (Å²) in [5.41, 5.74) is 6.68. The normalized spacial score (nSPS) is 10.6. The van der Waals surface area contributed by atoms with Crippen LogP contribution in [0.15, 0.2) is 28.9 Å². The maximum absolute atomic E-state index is 13.2. The van der Waals surface area contributed by atoms with Crippen LogP contribution in [0.2, 0.25) is 0 Å².